The molecular weight excluding hydrogens is 328 g/mol. The fraction of sp³-hybridized carbons (Fsp3) is 0.154. The van der Waals surface area contributed by atoms with Gasteiger partial charge in [0.2, 0.25) is 0 Å². The first-order valence-corrected chi connectivity index (χ1v) is 6.43. The molecule has 1 aromatic rings. The molecule has 20 heavy (non-hydrogen) atoms. The standard InChI is InChI=1S/C13H13BrN2O4/c1-8(12(18)16-13(15)19)20-11(17)7-6-9-4-2-3-5-10(9)14/h2-8H,1H3,(H3,15,16,18,19)/b7-6+/t8-/m1/s1. The van der Waals surface area contributed by atoms with Gasteiger partial charge >= 0.3 is 12.0 Å². The third-order valence-corrected chi connectivity index (χ3v) is 2.93. The molecule has 1 rings (SSSR count). The van der Waals surface area contributed by atoms with E-state index >= 15 is 0 Å². The molecule has 6 nitrogen and oxygen atoms in total. The summed E-state index contributed by atoms with van der Waals surface area (Å²) >= 11 is 3.33. The van der Waals surface area contributed by atoms with Crippen molar-refractivity contribution in [3.05, 3.63) is 40.4 Å². The molecule has 3 amide bonds. The van der Waals surface area contributed by atoms with Crippen LogP contribution in [0.4, 0.5) is 4.79 Å². The van der Waals surface area contributed by atoms with Gasteiger partial charge in [0.05, 0.1) is 0 Å². The van der Waals surface area contributed by atoms with Gasteiger partial charge in [-0.2, -0.15) is 0 Å². The number of halogens is 1. The van der Waals surface area contributed by atoms with Gasteiger partial charge in [-0.25, -0.2) is 9.59 Å². The van der Waals surface area contributed by atoms with Crippen molar-refractivity contribution in [1.29, 1.82) is 0 Å². The SMILES string of the molecule is C[C@@H](OC(=O)/C=C/c1ccccc1Br)C(=O)NC(N)=O. The van der Waals surface area contributed by atoms with Crippen LogP contribution in [-0.2, 0) is 14.3 Å². The lowest BCUT2D eigenvalue weighted by atomic mass is 10.2. The number of primary amides is 1. The maximum Gasteiger partial charge on any atom is 0.331 e. The summed E-state index contributed by atoms with van der Waals surface area (Å²) in [4.78, 5) is 33.3. The van der Waals surface area contributed by atoms with Gasteiger partial charge in [-0.05, 0) is 24.6 Å². The Morgan fingerprint density at radius 1 is 1.35 bits per heavy atom. The second-order valence-electron chi connectivity index (χ2n) is 3.79. The number of imide groups is 1. The zero-order valence-corrected chi connectivity index (χ0v) is 12.2. The molecule has 0 saturated carbocycles. The van der Waals surface area contributed by atoms with E-state index in [4.69, 9.17) is 10.5 Å². The van der Waals surface area contributed by atoms with Crippen molar-refractivity contribution < 1.29 is 19.1 Å². The third-order valence-electron chi connectivity index (χ3n) is 2.21. The predicted octanol–water partition coefficient (Wildman–Crippen LogP) is 1.59. The number of carbonyl (C=O) groups is 3. The summed E-state index contributed by atoms with van der Waals surface area (Å²) in [5.41, 5.74) is 5.57. The lowest BCUT2D eigenvalue weighted by molar-refractivity contribution is -0.149. The monoisotopic (exact) mass is 340 g/mol. The molecule has 0 aromatic heterocycles. The molecule has 106 valence electrons. The normalized spacial score (nSPS) is 11.9. The van der Waals surface area contributed by atoms with Crippen molar-refractivity contribution in [1.82, 2.24) is 5.32 Å². The molecule has 0 fully saturated rings. The van der Waals surface area contributed by atoms with Crippen LogP contribution in [0.1, 0.15) is 12.5 Å². The molecule has 0 aliphatic rings. The minimum atomic E-state index is -1.11. The maximum atomic E-state index is 11.5. The van der Waals surface area contributed by atoms with Crippen molar-refractivity contribution >= 4 is 39.9 Å². The number of nitrogens with one attached hydrogen (secondary N) is 1. The van der Waals surface area contributed by atoms with Crippen LogP contribution in [0.15, 0.2) is 34.8 Å². The number of carbonyl (C=O) groups excluding carboxylic acids is 3. The second-order valence-corrected chi connectivity index (χ2v) is 4.64. The highest BCUT2D eigenvalue weighted by Gasteiger charge is 2.17. The molecule has 0 aliphatic carbocycles. The number of rotatable bonds is 4. The predicted molar refractivity (Wildman–Crippen MR) is 76.5 cm³/mol. The van der Waals surface area contributed by atoms with Gasteiger partial charge in [0.1, 0.15) is 0 Å². The van der Waals surface area contributed by atoms with Crippen LogP contribution in [0, 0.1) is 0 Å². The Morgan fingerprint density at radius 2 is 2.00 bits per heavy atom. The average molecular weight is 341 g/mol. The number of nitrogens with two attached hydrogens (primary N) is 1. The first kappa shape index (κ1) is 15.9. The van der Waals surface area contributed by atoms with Gasteiger partial charge in [0, 0.05) is 10.5 Å². The molecule has 0 heterocycles. The van der Waals surface area contributed by atoms with Crippen molar-refractivity contribution in [2.75, 3.05) is 0 Å². The highest BCUT2D eigenvalue weighted by Crippen LogP contribution is 2.17. The largest absolute Gasteiger partial charge is 0.449 e. The Bertz CT molecular complexity index is 557. The van der Waals surface area contributed by atoms with E-state index < -0.39 is 24.0 Å². The molecule has 0 saturated heterocycles. The molecule has 1 atom stereocenters. The molecular formula is C13H13BrN2O4. The Kier molecular flexibility index (Phi) is 5.92. The van der Waals surface area contributed by atoms with Crippen LogP contribution >= 0.6 is 15.9 Å². The quantitative estimate of drug-likeness (QED) is 0.642. The Labute approximate surface area is 124 Å². The minimum absolute atomic E-state index is 0.701. The van der Waals surface area contributed by atoms with E-state index in [2.05, 4.69) is 15.9 Å². The smallest absolute Gasteiger partial charge is 0.331 e. The maximum absolute atomic E-state index is 11.5. The van der Waals surface area contributed by atoms with E-state index in [1.807, 2.05) is 23.5 Å². The fourth-order valence-corrected chi connectivity index (χ4v) is 1.68. The van der Waals surface area contributed by atoms with E-state index in [1.165, 1.54) is 13.0 Å². The van der Waals surface area contributed by atoms with Crippen molar-refractivity contribution in [2.45, 2.75) is 13.0 Å². The van der Waals surface area contributed by atoms with Gasteiger partial charge in [-0.1, -0.05) is 34.1 Å². The van der Waals surface area contributed by atoms with Crippen LogP contribution in [0.2, 0.25) is 0 Å². The molecule has 0 bridgehead atoms. The van der Waals surface area contributed by atoms with Gasteiger partial charge in [-0.3, -0.25) is 10.1 Å². The van der Waals surface area contributed by atoms with Gasteiger partial charge < -0.3 is 10.5 Å². The molecule has 3 N–H and O–H groups in total. The number of ether oxygens (including phenoxy) is 1. The average Bonchev–Trinajstić information content (AvgIpc) is 2.37. The summed E-state index contributed by atoms with van der Waals surface area (Å²) in [6.07, 6.45) is 1.62. The van der Waals surface area contributed by atoms with Gasteiger partial charge in [0.25, 0.3) is 5.91 Å². The van der Waals surface area contributed by atoms with Crippen molar-refractivity contribution in [2.24, 2.45) is 5.73 Å². The highest BCUT2D eigenvalue weighted by molar-refractivity contribution is 9.10. The number of urea groups is 1. The summed E-state index contributed by atoms with van der Waals surface area (Å²) in [6, 6.07) is 6.29. The van der Waals surface area contributed by atoms with E-state index in [1.54, 1.807) is 12.1 Å². The Balaban J connectivity index is 2.58. The Hall–Kier alpha value is -2.15. The Morgan fingerprint density at radius 3 is 2.60 bits per heavy atom. The van der Waals surface area contributed by atoms with E-state index in [9.17, 15) is 14.4 Å². The lowest BCUT2D eigenvalue weighted by Crippen LogP contribution is -2.42. The third kappa shape index (κ3) is 5.23. The van der Waals surface area contributed by atoms with Crippen LogP contribution in [0.25, 0.3) is 6.08 Å². The molecule has 0 radical (unpaired) electrons. The summed E-state index contributed by atoms with van der Waals surface area (Å²) in [5.74, 6) is -1.48. The molecule has 7 heteroatoms. The summed E-state index contributed by atoms with van der Waals surface area (Å²) < 4.78 is 5.64. The molecule has 0 unspecified atom stereocenters. The summed E-state index contributed by atoms with van der Waals surface area (Å²) in [6.45, 7) is 1.34. The number of benzene rings is 1. The molecule has 0 spiro atoms. The summed E-state index contributed by atoms with van der Waals surface area (Å²) in [7, 11) is 0. The first-order valence-electron chi connectivity index (χ1n) is 5.63. The number of amides is 3. The van der Waals surface area contributed by atoms with Crippen molar-refractivity contribution in [3.8, 4) is 0 Å². The van der Waals surface area contributed by atoms with Crippen LogP contribution in [0.5, 0.6) is 0 Å². The zero-order valence-electron chi connectivity index (χ0n) is 10.6. The van der Waals surface area contributed by atoms with Gasteiger partial charge in [-0.15, -0.1) is 0 Å². The van der Waals surface area contributed by atoms with Crippen LogP contribution in [0.3, 0.4) is 0 Å². The van der Waals surface area contributed by atoms with Gasteiger partial charge in [0.15, 0.2) is 6.10 Å². The van der Waals surface area contributed by atoms with E-state index in [-0.39, 0.29) is 0 Å². The fourth-order valence-electron chi connectivity index (χ4n) is 1.26. The van der Waals surface area contributed by atoms with E-state index in [0.29, 0.717) is 0 Å². The first-order chi connectivity index (χ1) is 9.40. The van der Waals surface area contributed by atoms with Crippen LogP contribution in [-0.4, -0.2) is 24.0 Å². The van der Waals surface area contributed by atoms with E-state index in [0.717, 1.165) is 10.0 Å². The highest BCUT2D eigenvalue weighted by atomic mass is 79.9. The number of hydrogen-bond donors (Lipinski definition) is 2. The topological polar surface area (TPSA) is 98.5 Å². The number of esters is 1. The minimum Gasteiger partial charge on any atom is -0.449 e. The zero-order chi connectivity index (χ0) is 15.1. The number of hydrogen-bond acceptors (Lipinski definition) is 4. The van der Waals surface area contributed by atoms with Crippen molar-refractivity contribution in [3.63, 3.8) is 0 Å². The second kappa shape index (κ2) is 7.44. The van der Waals surface area contributed by atoms with Crippen LogP contribution < -0.4 is 11.1 Å². The molecule has 0 aliphatic heterocycles. The summed E-state index contributed by atoms with van der Waals surface area (Å²) in [5, 5.41) is 1.82. The molecule has 1 aromatic carbocycles. The lowest BCUT2D eigenvalue weighted by Gasteiger charge is -2.10.